The number of halogens is 2. The van der Waals surface area contributed by atoms with Crippen molar-refractivity contribution >= 4 is 52.5 Å². The Morgan fingerprint density at radius 3 is 2.50 bits per heavy atom. The van der Waals surface area contributed by atoms with Gasteiger partial charge in [0.15, 0.2) is 0 Å². The van der Waals surface area contributed by atoms with Crippen LogP contribution in [-0.4, -0.2) is 28.9 Å². The number of imide groups is 1. The summed E-state index contributed by atoms with van der Waals surface area (Å²) in [7, 11) is 0. The fraction of sp³-hybridized carbons (Fsp3) is 0.280. The van der Waals surface area contributed by atoms with Crippen molar-refractivity contribution in [1.29, 1.82) is 0 Å². The first kappa shape index (κ1) is 22.4. The van der Waals surface area contributed by atoms with Gasteiger partial charge in [0.25, 0.3) is 5.91 Å². The molecule has 0 bridgehead atoms. The van der Waals surface area contributed by atoms with Gasteiger partial charge < -0.3 is 10.2 Å². The first-order valence-corrected chi connectivity index (χ1v) is 11.3. The van der Waals surface area contributed by atoms with Crippen LogP contribution in [0.5, 0.6) is 0 Å². The Hall–Kier alpha value is -2.76. The van der Waals surface area contributed by atoms with E-state index in [0.717, 1.165) is 28.1 Å². The van der Waals surface area contributed by atoms with E-state index in [1.165, 1.54) is 11.3 Å². The molecule has 5 nitrogen and oxygen atoms in total. The highest BCUT2D eigenvalue weighted by molar-refractivity contribution is 6.42. The molecule has 1 saturated heterocycles. The lowest BCUT2D eigenvalue weighted by molar-refractivity contribution is -0.123. The lowest BCUT2D eigenvalue weighted by atomic mass is 9.88. The van der Waals surface area contributed by atoms with E-state index in [2.05, 4.69) is 56.1 Å². The molecule has 0 spiro atoms. The summed E-state index contributed by atoms with van der Waals surface area (Å²) in [5.74, 6) is -0.373. The number of amides is 3. The third kappa shape index (κ3) is 4.03. The number of carbonyl (C=O) groups excluding carboxylic acids is 2. The SMILES string of the molecule is CCN1c2ccc(/C=C3/NC(=O)N(Cc4ccc(Cl)c(Cl)c4)C3=O)cc2C(C)=CC1(C)C. The molecule has 2 heterocycles. The number of carbonyl (C=O) groups is 2. The minimum Gasteiger partial charge on any atom is -0.363 e. The summed E-state index contributed by atoms with van der Waals surface area (Å²) >= 11 is 12.0. The molecule has 7 heteroatoms. The zero-order valence-electron chi connectivity index (χ0n) is 18.5. The number of urea groups is 1. The molecular formula is C25H25Cl2N3O2. The molecule has 0 aromatic heterocycles. The molecule has 2 aromatic rings. The summed E-state index contributed by atoms with van der Waals surface area (Å²) in [4.78, 5) is 28.9. The normalized spacial score (nSPS) is 18.7. The molecule has 3 amide bonds. The van der Waals surface area contributed by atoms with E-state index in [1.54, 1.807) is 24.3 Å². The average Bonchev–Trinajstić information content (AvgIpc) is 2.98. The third-order valence-electron chi connectivity index (χ3n) is 5.92. The Morgan fingerprint density at radius 1 is 1.06 bits per heavy atom. The Bertz CT molecular complexity index is 1180. The van der Waals surface area contributed by atoms with Crippen LogP contribution in [0.3, 0.4) is 0 Å². The predicted molar refractivity (Wildman–Crippen MR) is 131 cm³/mol. The number of hydrogen-bond donors (Lipinski definition) is 1. The Kier molecular flexibility index (Phi) is 5.82. The second-order valence-corrected chi connectivity index (χ2v) is 9.44. The largest absolute Gasteiger partial charge is 0.363 e. The highest BCUT2D eigenvalue weighted by Gasteiger charge is 2.34. The van der Waals surface area contributed by atoms with Crippen molar-refractivity contribution in [1.82, 2.24) is 10.2 Å². The molecule has 0 radical (unpaired) electrons. The van der Waals surface area contributed by atoms with Crippen molar-refractivity contribution in [2.75, 3.05) is 11.4 Å². The van der Waals surface area contributed by atoms with Crippen LogP contribution in [0.2, 0.25) is 10.0 Å². The number of likely N-dealkylation sites (N-methyl/N-ethyl adjacent to an activating group) is 1. The van der Waals surface area contributed by atoms with Gasteiger partial charge in [-0.2, -0.15) is 0 Å². The molecule has 2 aliphatic rings. The van der Waals surface area contributed by atoms with E-state index in [-0.39, 0.29) is 23.7 Å². The molecule has 0 aliphatic carbocycles. The molecule has 1 N–H and O–H groups in total. The van der Waals surface area contributed by atoms with Gasteiger partial charge in [-0.1, -0.05) is 41.4 Å². The summed E-state index contributed by atoms with van der Waals surface area (Å²) in [6.07, 6.45) is 3.98. The molecule has 0 unspecified atom stereocenters. The van der Waals surface area contributed by atoms with Crippen LogP contribution in [0.15, 0.2) is 48.2 Å². The summed E-state index contributed by atoms with van der Waals surface area (Å²) in [5.41, 5.74) is 5.26. The first-order chi connectivity index (χ1) is 15.1. The highest BCUT2D eigenvalue weighted by atomic mass is 35.5. The van der Waals surface area contributed by atoms with Gasteiger partial charge in [-0.15, -0.1) is 0 Å². The fourth-order valence-corrected chi connectivity index (χ4v) is 4.79. The number of nitrogens with one attached hydrogen (secondary N) is 1. The molecule has 2 aromatic carbocycles. The van der Waals surface area contributed by atoms with Crippen molar-refractivity contribution in [2.24, 2.45) is 0 Å². The van der Waals surface area contributed by atoms with Crippen LogP contribution in [0.25, 0.3) is 11.6 Å². The number of nitrogens with zero attached hydrogens (tertiary/aromatic N) is 2. The minimum absolute atomic E-state index is 0.0632. The maximum atomic E-state index is 12.9. The van der Waals surface area contributed by atoms with Crippen molar-refractivity contribution in [3.8, 4) is 0 Å². The van der Waals surface area contributed by atoms with Crippen LogP contribution in [-0.2, 0) is 11.3 Å². The topological polar surface area (TPSA) is 52.7 Å². The van der Waals surface area contributed by atoms with Gasteiger partial charge in [0.1, 0.15) is 5.70 Å². The van der Waals surface area contributed by atoms with E-state index in [0.29, 0.717) is 10.0 Å². The Balaban J connectivity index is 1.61. The maximum Gasteiger partial charge on any atom is 0.329 e. The molecule has 4 rings (SSSR count). The molecule has 1 fully saturated rings. The maximum absolute atomic E-state index is 12.9. The second kappa shape index (κ2) is 8.30. The van der Waals surface area contributed by atoms with Crippen molar-refractivity contribution in [2.45, 2.75) is 39.8 Å². The average molecular weight is 470 g/mol. The number of benzene rings is 2. The number of rotatable bonds is 4. The van der Waals surface area contributed by atoms with E-state index >= 15 is 0 Å². The number of hydrogen-bond acceptors (Lipinski definition) is 3. The summed E-state index contributed by atoms with van der Waals surface area (Å²) in [5, 5.41) is 3.50. The zero-order chi connectivity index (χ0) is 23.2. The minimum atomic E-state index is -0.458. The van der Waals surface area contributed by atoms with E-state index < -0.39 is 6.03 Å². The Morgan fingerprint density at radius 2 is 1.81 bits per heavy atom. The van der Waals surface area contributed by atoms with Crippen LogP contribution in [0.1, 0.15) is 44.4 Å². The Labute approximate surface area is 198 Å². The van der Waals surface area contributed by atoms with Crippen LogP contribution in [0.4, 0.5) is 10.5 Å². The molecule has 0 saturated carbocycles. The molecule has 2 aliphatic heterocycles. The van der Waals surface area contributed by atoms with E-state index in [9.17, 15) is 9.59 Å². The number of fused-ring (bicyclic) bond motifs is 1. The summed E-state index contributed by atoms with van der Waals surface area (Å²) in [6.45, 7) is 9.66. The fourth-order valence-electron chi connectivity index (χ4n) is 4.47. The standard InChI is InChI=1S/C25H25Cl2N3O2/c1-5-30-22-9-7-16(10-18(22)15(2)13-25(30,3)4)12-21-23(31)29(24(32)28-21)14-17-6-8-19(26)20(27)11-17/h6-13H,5,14H2,1-4H3,(H,28,32)/b21-12+. The van der Waals surface area contributed by atoms with Crippen molar-refractivity contribution in [3.05, 3.63) is 74.9 Å². The summed E-state index contributed by atoms with van der Waals surface area (Å²) in [6, 6.07) is 10.7. The van der Waals surface area contributed by atoms with Crippen LogP contribution in [0, 0.1) is 0 Å². The van der Waals surface area contributed by atoms with Gasteiger partial charge in [0, 0.05) is 17.8 Å². The van der Waals surface area contributed by atoms with E-state index in [4.69, 9.17) is 23.2 Å². The van der Waals surface area contributed by atoms with Gasteiger partial charge in [0.05, 0.1) is 22.1 Å². The molecule has 32 heavy (non-hydrogen) atoms. The quantitative estimate of drug-likeness (QED) is 0.434. The highest BCUT2D eigenvalue weighted by Crippen LogP contribution is 2.39. The second-order valence-electron chi connectivity index (χ2n) is 8.63. The van der Waals surface area contributed by atoms with Gasteiger partial charge in [-0.05, 0) is 74.7 Å². The number of anilines is 1. The van der Waals surface area contributed by atoms with Gasteiger partial charge >= 0.3 is 6.03 Å². The monoisotopic (exact) mass is 469 g/mol. The van der Waals surface area contributed by atoms with Crippen LogP contribution >= 0.6 is 23.2 Å². The van der Waals surface area contributed by atoms with Gasteiger partial charge in [-0.3, -0.25) is 9.69 Å². The summed E-state index contributed by atoms with van der Waals surface area (Å²) < 4.78 is 0. The number of allylic oxidation sites excluding steroid dienone is 1. The lowest BCUT2D eigenvalue weighted by Gasteiger charge is -2.42. The van der Waals surface area contributed by atoms with Gasteiger partial charge in [-0.25, -0.2) is 4.79 Å². The van der Waals surface area contributed by atoms with Gasteiger partial charge in [0.2, 0.25) is 0 Å². The predicted octanol–water partition coefficient (Wildman–Crippen LogP) is 6.11. The van der Waals surface area contributed by atoms with Crippen molar-refractivity contribution < 1.29 is 9.59 Å². The molecular weight excluding hydrogens is 445 g/mol. The third-order valence-corrected chi connectivity index (χ3v) is 6.65. The smallest absolute Gasteiger partial charge is 0.329 e. The molecule has 0 atom stereocenters. The first-order valence-electron chi connectivity index (χ1n) is 10.5. The van der Waals surface area contributed by atoms with E-state index in [1.807, 2.05) is 6.07 Å². The van der Waals surface area contributed by atoms with Crippen LogP contribution < -0.4 is 10.2 Å². The lowest BCUT2D eigenvalue weighted by Crippen LogP contribution is -2.44. The molecule has 166 valence electrons. The zero-order valence-corrected chi connectivity index (χ0v) is 20.0. The van der Waals surface area contributed by atoms with Crippen molar-refractivity contribution in [3.63, 3.8) is 0 Å².